The predicted octanol–water partition coefficient (Wildman–Crippen LogP) is 4.35. The highest BCUT2D eigenvalue weighted by Crippen LogP contribution is 2.39. The Morgan fingerprint density at radius 2 is 1.87 bits per heavy atom. The van der Waals surface area contributed by atoms with Gasteiger partial charge in [0.2, 0.25) is 11.6 Å². The number of pyridine rings is 3. The molecule has 0 atom stereocenters. The van der Waals surface area contributed by atoms with Gasteiger partial charge in [-0.3, -0.25) is 9.78 Å². The number of hydrogen-bond donors (Lipinski definition) is 1. The maximum absolute atomic E-state index is 14.1. The maximum Gasteiger partial charge on any atom is 0.268 e. The lowest BCUT2D eigenvalue weighted by atomic mass is 9.96. The molecule has 30 heavy (non-hydrogen) atoms. The highest BCUT2D eigenvalue weighted by Gasteiger charge is 2.23. The summed E-state index contributed by atoms with van der Waals surface area (Å²) in [4.78, 5) is 20.1. The molecule has 6 nitrogen and oxygen atoms in total. The van der Waals surface area contributed by atoms with E-state index in [0.717, 1.165) is 12.4 Å². The van der Waals surface area contributed by atoms with E-state index in [9.17, 15) is 18.7 Å². The van der Waals surface area contributed by atoms with Crippen LogP contribution in [-0.2, 0) is 12.6 Å². The SMILES string of the molecule is Cn1cc(-c2cc(C(C)(C)O)cnc2Oc2c(F)cncc2F)c2ccsc2c1=O. The number of rotatable bonds is 4. The highest BCUT2D eigenvalue weighted by atomic mass is 32.1. The molecule has 154 valence electrons. The highest BCUT2D eigenvalue weighted by molar-refractivity contribution is 7.17. The minimum absolute atomic E-state index is 0.0712. The number of ether oxygens (including phenoxy) is 1. The number of nitrogens with zero attached hydrogens (tertiary/aromatic N) is 3. The van der Waals surface area contributed by atoms with Crippen LogP contribution in [0.2, 0.25) is 0 Å². The molecule has 4 aromatic heterocycles. The van der Waals surface area contributed by atoms with E-state index in [1.54, 1.807) is 44.6 Å². The molecule has 9 heteroatoms. The number of fused-ring (bicyclic) bond motifs is 1. The fraction of sp³-hybridized carbons (Fsp3) is 0.190. The molecule has 0 fully saturated rings. The summed E-state index contributed by atoms with van der Waals surface area (Å²) in [7, 11) is 1.61. The molecule has 0 unspecified atom stereocenters. The molecular formula is C21H17F2N3O3S. The molecule has 0 aliphatic carbocycles. The van der Waals surface area contributed by atoms with Crippen LogP contribution in [0.15, 0.2) is 47.1 Å². The van der Waals surface area contributed by atoms with Gasteiger partial charge < -0.3 is 14.4 Å². The van der Waals surface area contributed by atoms with E-state index in [2.05, 4.69) is 9.97 Å². The van der Waals surface area contributed by atoms with Gasteiger partial charge in [0.1, 0.15) is 4.70 Å². The van der Waals surface area contributed by atoms with Crippen LogP contribution >= 0.6 is 11.3 Å². The van der Waals surface area contributed by atoms with Crippen LogP contribution in [0, 0.1) is 11.6 Å². The number of hydrogen-bond acceptors (Lipinski definition) is 6. The summed E-state index contributed by atoms with van der Waals surface area (Å²) in [6.07, 6.45) is 4.66. The predicted molar refractivity (Wildman–Crippen MR) is 110 cm³/mol. The smallest absolute Gasteiger partial charge is 0.268 e. The standard InChI is InChI=1S/C21H17F2N3O3S/c1-21(2,28)11-6-13(14-10-26(3)20(27)18-12(14)4-5-30-18)19(25-7-11)29-17-15(22)8-24-9-16(17)23/h4-10,28H,1-3H3. The molecule has 1 N–H and O–H groups in total. The van der Waals surface area contributed by atoms with Gasteiger partial charge in [-0.2, -0.15) is 0 Å². The van der Waals surface area contributed by atoms with Crippen molar-refractivity contribution in [2.75, 3.05) is 0 Å². The van der Waals surface area contributed by atoms with E-state index < -0.39 is 23.0 Å². The zero-order chi connectivity index (χ0) is 21.6. The Labute approximate surface area is 174 Å². The van der Waals surface area contributed by atoms with Gasteiger partial charge in [-0.15, -0.1) is 11.3 Å². The van der Waals surface area contributed by atoms with Gasteiger partial charge in [-0.05, 0) is 31.4 Å². The second kappa shape index (κ2) is 7.26. The van der Waals surface area contributed by atoms with E-state index in [1.807, 2.05) is 0 Å². The average molecular weight is 429 g/mol. The van der Waals surface area contributed by atoms with E-state index >= 15 is 0 Å². The molecule has 0 radical (unpaired) electrons. The molecule has 0 saturated carbocycles. The van der Waals surface area contributed by atoms with Crippen molar-refractivity contribution in [1.29, 1.82) is 0 Å². The molecule has 4 rings (SSSR count). The summed E-state index contributed by atoms with van der Waals surface area (Å²) < 4.78 is 35.7. The van der Waals surface area contributed by atoms with Crippen LogP contribution in [0.5, 0.6) is 11.6 Å². The number of aromatic nitrogens is 3. The minimum atomic E-state index is -1.22. The van der Waals surface area contributed by atoms with Crippen LogP contribution in [-0.4, -0.2) is 19.6 Å². The molecule has 0 aromatic carbocycles. The average Bonchev–Trinajstić information content (AvgIpc) is 3.17. The van der Waals surface area contributed by atoms with Crippen LogP contribution in [0.25, 0.3) is 21.2 Å². The van der Waals surface area contributed by atoms with Gasteiger partial charge in [-0.25, -0.2) is 13.8 Å². The van der Waals surface area contributed by atoms with E-state index in [1.165, 1.54) is 22.1 Å². The molecular weight excluding hydrogens is 412 g/mol. The second-order valence-electron chi connectivity index (χ2n) is 7.29. The lowest BCUT2D eigenvalue weighted by molar-refractivity contribution is 0.0782. The van der Waals surface area contributed by atoms with Crippen molar-refractivity contribution >= 4 is 21.4 Å². The molecule has 0 aliphatic rings. The summed E-state index contributed by atoms with van der Waals surface area (Å²) in [5.74, 6) is -2.66. The van der Waals surface area contributed by atoms with E-state index in [4.69, 9.17) is 4.74 Å². The quantitative estimate of drug-likeness (QED) is 0.522. The number of aliphatic hydroxyl groups is 1. The van der Waals surface area contributed by atoms with Gasteiger partial charge in [-0.1, -0.05) is 0 Å². The summed E-state index contributed by atoms with van der Waals surface area (Å²) >= 11 is 1.29. The molecule has 0 bridgehead atoms. The lowest BCUT2D eigenvalue weighted by Crippen LogP contribution is -2.17. The molecule has 4 heterocycles. The first-order valence-electron chi connectivity index (χ1n) is 8.94. The third kappa shape index (κ3) is 3.46. The number of thiophene rings is 1. The zero-order valence-electron chi connectivity index (χ0n) is 16.3. The summed E-state index contributed by atoms with van der Waals surface area (Å²) in [5.41, 5.74) is 0.0462. The largest absolute Gasteiger partial charge is 0.432 e. The fourth-order valence-corrected chi connectivity index (χ4v) is 3.93. The van der Waals surface area contributed by atoms with Gasteiger partial charge in [0.15, 0.2) is 11.6 Å². The summed E-state index contributed by atoms with van der Waals surface area (Å²) in [5, 5.41) is 12.9. The first-order valence-corrected chi connectivity index (χ1v) is 9.81. The lowest BCUT2D eigenvalue weighted by Gasteiger charge is -2.20. The Balaban J connectivity index is 1.99. The Morgan fingerprint density at radius 1 is 1.17 bits per heavy atom. The number of aryl methyl sites for hydroxylation is 1. The van der Waals surface area contributed by atoms with Crippen LogP contribution in [0.3, 0.4) is 0 Å². The van der Waals surface area contributed by atoms with Crippen LogP contribution in [0.4, 0.5) is 8.78 Å². The Morgan fingerprint density at radius 3 is 2.53 bits per heavy atom. The van der Waals surface area contributed by atoms with Gasteiger partial charge >= 0.3 is 0 Å². The third-order valence-corrected chi connectivity index (χ3v) is 5.55. The van der Waals surface area contributed by atoms with Crippen LogP contribution < -0.4 is 10.3 Å². The van der Waals surface area contributed by atoms with Gasteiger partial charge in [0, 0.05) is 41.5 Å². The molecule has 0 aliphatic heterocycles. The first kappa shape index (κ1) is 20.1. The Kier molecular flexibility index (Phi) is 4.87. The molecule has 0 amide bonds. The van der Waals surface area contributed by atoms with Crippen molar-refractivity contribution in [1.82, 2.24) is 14.5 Å². The Hall–Kier alpha value is -3.17. The van der Waals surface area contributed by atoms with Crippen molar-refractivity contribution in [2.24, 2.45) is 7.05 Å². The first-order chi connectivity index (χ1) is 14.2. The monoisotopic (exact) mass is 429 g/mol. The van der Waals surface area contributed by atoms with Crippen molar-refractivity contribution < 1.29 is 18.6 Å². The van der Waals surface area contributed by atoms with Crippen LogP contribution in [0.1, 0.15) is 19.4 Å². The summed E-state index contributed by atoms with van der Waals surface area (Å²) in [6.45, 7) is 3.19. The molecule has 0 spiro atoms. The molecule has 4 aromatic rings. The number of halogens is 2. The van der Waals surface area contributed by atoms with Crippen molar-refractivity contribution in [3.63, 3.8) is 0 Å². The zero-order valence-corrected chi connectivity index (χ0v) is 17.1. The van der Waals surface area contributed by atoms with Gasteiger partial charge in [0.05, 0.1) is 18.0 Å². The van der Waals surface area contributed by atoms with Gasteiger partial charge in [0.25, 0.3) is 5.56 Å². The van der Waals surface area contributed by atoms with Crippen molar-refractivity contribution in [3.05, 3.63) is 69.9 Å². The van der Waals surface area contributed by atoms with Crippen molar-refractivity contribution in [2.45, 2.75) is 19.4 Å². The van der Waals surface area contributed by atoms with Crippen molar-refractivity contribution in [3.8, 4) is 22.8 Å². The van der Waals surface area contributed by atoms with E-state index in [-0.39, 0.29) is 11.4 Å². The topological polar surface area (TPSA) is 77.2 Å². The summed E-state index contributed by atoms with van der Waals surface area (Å²) in [6, 6.07) is 3.42. The normalized spacial score (nSPS) is 11.8. The Bertz CT molecular complexity index is 1310. The fourth-order valence-electron chi connectivity index (χ4n) is 3.04. The molecule has 0 saturated heterocycles. The van der Waals surface area contributed by atoms with E-state index in [0.29, 0.717) is 26.8 Å². The third-order valence-electron chi connectivity index (χ3n) is 4.65. The second-order valence-corrected chi connectivity index (χ2v) is 8.21. The maximum atomic E-state index is 14.1. The minimum Gasteiger partial charge on any atom is -0.432 e.